The molecule has 0 aromatic carbocycles. The predicted octanol–water partition coefficient (Wildman–Crippen LogP) is 0.653. The van der Waals surface area contributed by atoms with Crippen molar-refractivity contribution in [2.24, 2.45) is 0 Å². The van der Waals surface area contributed by atoms with E-state index in [2.05, 4.69) is 10.6 Å². The summed E-state index contributed by atoms with van der Waals surface area (Å²) in [4.78, 5) is 38.2. The maximum absolute atomic E-state index is 12.4. The van der Waals surface area contributed by atoms with Crippen molar-refractivity contribution in [3.8, 4) is 0 Å². The summed E-state index contributed by atoms with van der Waals surface area (Å²) >= 11 is 0. The molecule has 1 unspecified atom stereocenters. The van der Waals surface area contributed by atoms with E-state index in [1.165, 1.54) is 0 Å². The normalized spacial score (nSPS) is 17.0. The van der Waals surface area contributed by atoms with Gasteiger partial charge in [-0.05, 0) is 41.5 Å². The first-order valence-corrected chi connectivity index (χ1v) is 8.11. The monoisotopic (exact) mass is 343 g/mol. The minimum Gasteiger partial charge on any atom is -0.444 e. The van der Waals surface area contributed by atoms with Crippen molar-refractivity contribution in [1.82, 2.24) is 15.5 Å². The Morgan fingerprint density at radius 2 is 1.62 bits per heavy atom. The molecule has 1 rings (SSSR count). The quantitative estimate of drug-likeness (QED) is 0.781. The third kappa shape index (κ3) is 6.35. The van der Waals surface area contributed by atoms with E-state index in [1.807, 2.05) is 0 Å². The Hall–Kier alpha value is -1.83. The Balaban J connectivity index is 2.57. The largest absolute Gasteiger partial charge is 0.444 e. The van der Waals surface area contributed by atoms with Crippen LogP contribution in [-0.2, 0) is 19.1 Å². The lowest BCUT2D eigenvalue weighted by Gasteiger charge is -2.32. The summed E-state index contributed by atoms with van der Waals surface area (Å²) in [5, 5.41) is 5.16. The Kier molecular flexibility index (Phi) is 6.59. The molecule has 1 atom stereocenters. The number of rotatable bonds is 4. The number of ether oxygens (including phenoxy) is 2. The number of carbonyl (C=O) groups is 3. The van der Waals surface area contributed by atoms with Crippen LogP contribution < -0.4 is 10.6 Å². The molecular formula is C16H29N3O5. The van der Waals surface area contributed by atoms with Gasteiger partial charge in [-0.25, -0.2) is 4.79 Å². The van der Waals surface area contributed by atoms with Gasteiger partial charge in [0.15, 0.2) is 0 Å². The van der Waals surface area contributed by atoms with E-state index < -0.39 is 29.2 Å². The van der Waals surface area contributed by atoms with Crippen LogP contribution in [0.4, 0.5) is 4.79 Å². The van der Waals surface area contributed by atoms with E-state index in [0.29, 0.717) is 26.3 Å². The summed E-state index contributed by atoms with van der Waals surface area (Å²) in [7, 11) is 0. The molecule has 1 fully saturated rings. The SMILES string of the molecule is CC(NC(=O)C(C)(C)NC(=O)OC(C)(C)C)C(=O)N1CCOCC1. The standard InChI is InChI=1S/C16H29N3O5/c1-11(12(20)19-7-9-23-10-8-19)17-13(21)16(5,6)18-14(22)24-15(2,3)4/h11H,7-10H2,1-6H3,(H,17,21)(H,18,22). The fourth-order valence-electron chi connectivity index (χ4n) is 2.11. The summed E-state index contributed by atoms with van der Waals surface area (Å²) < 4.78 is 10.4. The number of morpholine rings is 1. The molecule has 1 aliphatic rings. The zero-order chi connectivity index (χ0) is 18.5. The first-order valence-electron chi connectivity index (χ1n) is 8.11. The Morgan fingerprint density at radius 3 is 2.12 bits per heavy atom. The van der Waals surface area contributed by atoms with Crippen molar-refractivity contribution in [2.45, 2.75) is 58.7 Å². The van der Waals surface area contributed by atoms with Gasteiger partial charge in [0.2, 0.25) is 11.8 Å². The molecule has 8 nitrogen and oxygen atoms in total. The molecule has 0 radical (unpaired) electrons. The van der Waals surface area contributed by atoms with E-state index in [1.54, 1.807) is 46.4 Å². The summed E-state index contributed by atoms with van der Waals surface area (Å²) in [6.07, 6.45) is -0.685. The summed E-state index contributed by atoms with van der Waals surface area (Å²) in [6.45, 7) is 12.0. The molecule has 1 heterocycles. The van der Waals surface area contributed by atoms with Crippen LogP contribution in [0.25, 0.3) is 0 Å². The van der Waals surface area contributed by atoms with Gasteiger partial charge < -0.3 is 25.0 Å². The van der Waals surface area contributed by atoms with Gasteiger partial charge in [-0.15, -0.1) is 0 Å². The Morgan fingerprint density at radius 1 is 1.08 bits per heavy atom. The van der Waals surface area contributed by atoms with Gasteiger partial charge >= 0.3 is 6.09 Å². The number of alkyl carbamates (subject to hydrolysis) is 1. The molecule has 0 aromatic heterocycles. The first-order chi connectivity index (χ1) is 10.9. The molecule has 1 aliphatic heterocycles. The highest BCUT2D eigenvalue weighted by molar-refractivity contribution is 5.93. The Labute approximate surface area is 143 Å². The number of amides is 3. The third-order valence-corrected chi connectivity index (χ3v) is 3.42. The van der Waals surface area contributed by atoms with E-state index in [-0.39, 0.29) is 5.91 Å². The highest BCUT2D eigenvalue weighted by Crippen LogP contribution is 2.10. The summed E-state index contributed by atoms with van der Waals surface area (Å²) in [5.41, 5.74) is -1.86. The number of nitrogens with one attached hydrogen (secondary N) is 2. The highest BCUT2D eigenvalue weighted by Gasteiger charge is 2.34. The maximum atomic E-state index is 12.4. The molecule has 1 saturated heterocycles. The topological polar surface area (TPSA) is 97.0 Å². The second kappa shape index (κ2) is 7.83. The van der Waals surface area contributed by atoms with Gasteiger partial charge in [0.1, 0.15) is 17.2 Å². The summed E-state index contributed by atoms with van der Waals surface area (Å²) in [5.74, 6) is -0.623. The van der Waals surface area contributed by atoms with Crippen LogP contribution in [-0.4, -0.2) is 66.3 Å². The highest BCUT2D eigenvalue weighted by atomic mass is 16.6. The Bertz CT molecular complexity index is 479. The van der Waals surface area contributed by atoms with Crippen LogP contribution in [0.1, 0.15) is 41.5 Å². The van der Waals surface area contributed by atoms with E-state index >= 15 is 0 Å². The van der Waals surface area contributed by atoms with Crippen LogP contribution in [0, 0.1) is 0 Å². The molecule has 0 aliphatic carbocycles. The fraction of sp³-hybridized carbons (Fsp3) is 0.812. The fourth-order valence-corrected chi connectivity index (χ4v) is 2.11. The number of hydrogen-bond donors (Lipinski definition) is 2. The lowest BCUT2D eigenvalue weighted by atomic mass is 10.0. The molecule has 0 spiro atoms. The molecule has 2 N–H and O–H groups in total. The van der Waals surface area contributed by atoms with E-state index in [4.69, 9.17) is 9.47 Å². The van der Waals surface area contributed by atoms with Crippen LogP contribution in [0.3, 0.4) is 0 Å². The zero-order valence-corrected chi connectivity index (χ0v) is 15.4. The minimum atomic E-state index is -1.21. The number of hydrogen-bond acceptors (Lipinski definition) is 5. The van der Waals surface area contributed by atoms with Crippen molar-refractivity contribution in [1.29, 1.82) is 0 Å². The van der Waals surface area contributed by atoms with Crippen LogP contribution >= 0.6 is 0 Å². The molecular weight excluding hydrogens is 314 g/mol. The van der Waals surface area contributed by atoms with Crippen LogP contribution in [0.2, 0.25) is 0 Å². The number of carbonyl (C=O) groups excluding carboxylic acids is 3. The smallest absolute Gasteiger partial charge is 0.408 e. The average molecular weight is 343 g/mol. The molecule has 3 amide bonds. The van der Waals surface area contributed by atoms with Crippen LogP contribution in [0.15, 0.2) is 0 Å². The molecule has 0 bridgehead atoms. The molecule has 8 heteroatoms. The van der Waals surface area contributed by atoms with Gasteiger partial charge in [-0.1, -0.05) is 0 Å². The molecule has 24 heavy (non-hydrogen) atoms. The minimum absolute atomic E-state index is 0.167. The van der Waals surface area contributed by atoms with Gasteiger partial charge in [0, 0.05) is 13.1 Å². The van der Waals surface area contributed by atoms with E-state index in [0.717, 1.165) is 0 Å². The van der Waals surface area contributed by atoms with Crippen LogP contribution in [0.5, 0.6) is 0 Å². The van der Waals surface area contributed by atoms with Crippen molar-refractivity contribution < 1.29 is 23.9 Å². The van der Waals surface area contributed by atoms with Crippen molar-refractivity contribution in [3.63, 3.8) is 0 Å². The third-order valence-electron chi connectivity index (χ3n) is 3.42. The van der Waals surface area contributed by atoms with Gasteiger partial charge in [-0.3, -0.25) is 9.59 Å². The van der Waals surface area contributed by atoms with E-state index in [9.17, 15) is 14.4 Å². The number of nitrogens with zero attached hydrogens (tertiary/aromatic N) is 1. The second-order valence-corrected chi connectivity index (χ2v) is 7.38. The zero-order valence-electron chi connectivity index (χ0n) is 15.4. The molecule has 0 saturated carbocycles. The molecule has 138 valence electrons. The molecule has 0 aromatic rings. The maximum Gasteiger partial charge on any atom is 0.408 e. The second-order valence-electron chi connectivity index (χ2n) is 7.38. The first kappa shape index (κ1) is 20.2. The van der Waals surface area contributed by atoms with Gasteiger partial charge in [-0.2, -0.15) is 0 Å². The lowest BCUT2D eigenvalue weighted by Crippen LogP contribution is -2.59. The average Bonchev–Trinajstić information content (AvgIpc) is 2.44. The lowest BCUT2D eigenvalue weighted by molar-refractivity contribution is -0.140. The van der Waals surface area contributed by atoms with Gasteiger partial charge in [0.25, 0.3) is 0 Å². The summed E-state index contributed by atoms with van der Waals surface area (Å²) in [6, 6.07) is -0.685. The van der Waals surface area contributed by atoms with Gasteiger partial charge in [0.05, 0.1) is 13.2 Å². The van der Waals surface area contributed by atoms with Crippen molar-refractivity contribution in [3.05, 3.63) is 0 Å². The van der Waals surface area contributed by atoms with Crippen molar-refractivity contribution >= 4 is 17.9 Å². The predicted molar refractivity (Wildman–Crippen MR) is 88.5 cm³/mol. The van der Waals surface area contributed by atoms with Crippen molar-refractivity contribution in [2.75, 3.05) is 26.3 Å².